The van der Waals surface area contributed by atoms with Crippen LogP contribution in [0, 0.1) is 5.92 Å². The fourth-order valence-corrected chi connectivity index (χ4v) is 5.30. The Hall–Kier alpha value is -0.970. The van der Waals surface area contributed by atoms with Gasteiger partial charge in [0, 0.05) is 24.4 Å². The van der Waals surface area contributed by atoms with E-state index < -0.39 is 5.56 Å². The molecule has 1 aromatic heterocycles. The molecule has 2 N–H and O–H groups in total. The number of fused-ring (bicyclic) bond motifs is 1. The molecule has 0 amide bonds. The smallest absolute Gasteiger partial charge is 0.243 e. The first-order chi connectivity index (χ1) is 14.1. The molecule has 0 aromatic carbocycles. The highest BCUT2D eigenvalue weighted by Crippen LogP contribution is 2.30. The third-order valence-corrected chi connectivity index (χ3v) is 7.24. The topological polar surface area (TPSA) is 91.6 Å². The van der Waals surface area contributed by atoms with Gasteiger partial charge < -0.3 is 19.9 Å². The molecule has 8 nitrogen and oxygen atoms in total. The summed E-state index contributed by atoms with van der Waals surface area (Å²) in [5.74, 6) is 0.952. The maximum absolute atomic E-state index is 10.8. The summed E-state index contributed by atoms with van der Waals surface area (Å²) in [7, 11) is 0. The van der Waals surface area contributed by atoms with Gasteiger partial charge in [0.1, 0.15) is 23.2 Å². The van der Waals surface area contributed by atoms with Crippen molar-refractivity contribution in [3.8, 4) is 5.88 Å². The number of aromatic nitrogens is 1. The third kappa shape index (κ3) is 5.39. The van der Waals surface area contributed by atoms with Gasteiger partial charge in [0.2, 0.25) is 5.88 Å². The predicted molar refractivity (Wildman–Crippen MR) is 112 cm³/mol. The summed E-state index contributed by atoms with van der Waals surface area (Å²) in [5.41, 5.74) is -0.530. The molecule has 3 aliphatic rings. The van der Waals surface area contributed by atoms with Gasteiger partial charge in [-0.1, -0.05) is 18.5 Å². The number of piperidine rings is 1. The molecule has 0 radical (unpaired) electrons. The monoisotopic (exact) mass is 441 g/mol. The first kappa shape index (κ1) is 21.3. The molecule has 4 heterocycles. The van der Waals surface area contributed by atoms with Crippen LogP contribution >= 0.6 is 23.4 Å². The second kappa shape index (κ2) is 9.89. The number of hydrogen-bond acceptors (Lipinski definition) is 9. The second-order valence-electron chi connectivity index (χ2n) is 7.65. The molecule has 1 aromatic rings. The van der Waals surface area contributed by atoms with Gasteiger partial charge in [-0.2, -0.15) is 4.98 Å². The minimum absolute atomic E-state index is 0.151. The lowest BCUT2D eigenvalue weighted by Gasteiger charge is -2.38. The Morgan fingerprint density at radius 2 is 2.31 bits per heavy atom. The van der Waals surface area contributed by atoms with Crippen LogP contribution in [0.1, 0.15) is 13.3 Å². The van der Waals surface area contributed by atoms with E-state index in [1.807, 2.05) is 0 Å². The van der Waals surface area contributed by atoms with Crippen molar-refractivity contribution in [2.24, 2.45) is 15.9 Å². The Balaban J connectivity index is 1.34. The van der Waals surface area contributed by atoms with E-state index in [1.54, 1.807) is 17.8 Å². The number of nitrogens with one attached hydrogen (secondary N) is 1. The summed E-state index contributed by atoms with van der Waals surface area (Å²) >= 11 is 7.76. The second-order valence-corrected chi connectivity index (χ2v) is 9.34. The number of pyridine rings is 1. The number of morpholine rings is 1. The Morgan fingerprint density at radius 1 is 1.45 bits per heavy atom. The van der Waals surface area contributed by atoms with Gasteiger partial charge in [0.15, 0.2) is 5.56 Å². The normalized spacial score (nSPS) is 28.7. The number of hydrogen-bond donors (Lipinski definition) is 2. The Kier molecular flexibility index (Phi) is 7.25. The quantitative estimate of drug-likeness (QED) is 0.477. The maximum Gasteiger partial charge on any atom is 0.243 e. The molecule has 0 saturated carbocycles. The lowest BCUT2D eigenvalue weighted by molar-refractivity contribution is -0.0788. The average Bonchev–Trinajstić information content (AvgIpc) is 2.73. The fourth-order valence-electron chi connectivity index (χ4n) is 3.83. The number of thioether (sulfide) groups is 1. The minimum atomic E-state index is -0.530. The molecule has 29 heavy (non-hydrogen) atoms. The highest BCUT2D eigenvalue weighted by molar-refractivity contribution is 8.00. The number of aliphatic hydroxyl groups is 1. The van der Waals surface area contributed by atoms with E-state index in [1.165, 1.54) is 0 Å². The first-order valence-corrected chi connectivity index (χ1v) is 11.5. The van der Waals surface area contributed by atoms with Crippen LogP contribution < -0.4 is 20.8 Å². The molecule has 4 atom stereocenters. The van der Waals surface area contributed by atoms with Gasteiger partial charge in [-0.15, -0.1) is 11.8 Å². The SMILES string of the molecule is CC1CNCCC1SC(O)N1CCOC(COc2nc(Cl)cc3c2=NCCN=3)C1. The van der Waals surface area contributed by atoms with Crippen LogP contribution in [0.5, 0.6) is 5.88 Å². The van der Waals surface area contributed by atoms with Gasteiger partial charge in [0.05, 0.1) is 25.1 Å². The maximum atomic E-state index is 10.8. The summed E-state index contributed by atoms with van der Waals surface area (Å²) in [6.45, 7) is 7.75. The molecule has 4 rings (SSSR count). The largest absolute Gasteiger partial charge is 0.473 e. The van der Waals surface area contributed by atoms with Crippen LogP contribution in [0.25, 0.3) is 0 Å². The van der Waals surface area contributed by atoms with E-state index in [-0.39, 0.29) is 6.10 Å². The summed E-state index contributed by atoms with van der Waals surface area (Å²) in [6, 6.07) is 1.71. The van der Waals surface area contributed by atoms with E-state index in [4.69, 9.17) is 21.1 Å². The number of rotatable bonds is 6. The van der Waals surface area contributed by atoms with Crippen LogP contribution in [-0.4, -0.2) is 84.4 Å². The van der Waals surface area contributed by atoms with Crippen LogP contribution in [-0.2, 0) is 4.74 Å². The number of ether oxygens (including phenoxy) is 2. The number of aliphatic hydroxyl groups excluding tert-OH is 1. The Labute approximate surface area is 179 Å². The van der Waals surface area contributed by atoms with Crippen molar-refractivity contribution in [2.45, 2.75) is 30.3 Å². The predicted octanol–water partition coefficient (Wildman–Crippen LogP) is 0.0745. The zero-order valence-electron chi connectivity index (χ0n) is 16.6. The van der Waals surface area contributed by atoms with Crippen molar-refractivity contribution in [3.05, 3.63) is 21.9 Å². The molecule has 4 unspecified atom stereocenters. The molecule has 3 aliphatic heterocycles. The third-order valence-electron chi connectivity index (χ3n) is 5.45. The molecular weight excluding hydrogens is 414 g/mol. The van der Waals surface area contributed by atoms with E-state index in [9.17, 15) is 5.11 Å². The molecule has 0 bridgehead atoms. The molecular formula is C19H28ClN5O3S. The van der Waals surface area contributed by atoms with Gasteiger partial charge in [-0.25, -0.2) is 0 Å². The van der Waals surface area contributed by atoms with Crippen LogP contribution in [0.3, 0.4) is 0 Å². The lowest BCUT2D eigenvalue weighted by Crippen LogP contribution is -2.50. The van der Waals surface area contributed by atoms with Crippen molar-refractivity contribution in [1.82, 2.24) is 15.2 Å². The molecule has 2 fully saturated rings. The van der Waals surface area contributed by atoms with Crippen LogP contribution in [0.15, 0.2) is 16.1 Å². The van der Waals surface area contributed by atoms with Crippen molar-refractivity contribution in [1.29, 1.82) is 0 Å². The van der Waals surface area contributed by atoms with Gasteiger partial charge in [0.25, 0.3) is 0 Å². The van der Waals surface area contributed by atoms with E-state index in [0.29, 0.717) is 67.0 Å². The van der Waals surface area contributed by atoms with Crippen molar-refractivity contribution in [2.75, 3.05) is 52.5 Å². The molecule has 10 heteroatoms. The number of nitrogens with zero attached hydrogens (tertiary/aromatic N) is 4. The van der Waals surface area contributed by atoms with Crippen LogP contribution in [0.2, 0.25) is 5.15 Å². The summed E-state index contributed by atoms with van der Waals surface area (Å²) in [6.07, 6.45) is 0.932. The molecule has 2 saturated heterocycles. The fraction of sp³-hybridized carbons (Fsp3) is 0.737. The lowest BCUT2D eigenvalue weighted by atomic mass is 10.0. The minimum Gasteiger partial charge on any atom is -0.473 e. The van der Waals surface area contributed by atoms with Crippen molar-refractivity contribution < 1.29 is 14.6 Å². The molecule has 0 spiro atoms. The Bertz CT molecular complexity index is 829. The van der Waals surface area contributed by atoms with E-state index >= 15 is 0 Å². The van der Waals surface area contributed by atoms with E-state index in [2.05, 4.69) is 32.1 Å². The van der Waals surface area contributed by atoms with Gasteiger partial charge in [-0.05, 0) is 25.4 Å². The zero-order chi connectivity index (χ0) is 20.2. The highest BCUT2D eigenvalue weighted by atomic mass is 35.5. The Morgan fingerprint density at radius 3 is 3.17 bits per heavy atom. The molecule has 160 valence electrons. The molecule has 0 aliphatic carbocycles. The van der Waals surface area contributed by atoms with Gasteiger partial charge in [-0.3, -0.25) is 14.9 Å². The number of halogens is 1. The summed E-state index contributed by atoms with van der Waals surface area (Å²) < 4.78 is 11.8. The van der Waals surface area contributed by atoms with Gasteiger partial charge >= 0.3 is 0 Å². The van der Waals surface area contributed by atoms with E-state index in [0.717, 1.165) is 24.9 Å². The average molecular weight is 442 g/mol. The van der Waals surface area contributed by atoms with Crippen molar-refractivity contribution in [3.63, 3.8) is 0 Å². The summed E-state index contributed by atoms with van der Waals surface area (Å²) in [4.78, 5) is 15.2. The highest BCUT2D eigenvalue weighted by Gasteiger charge is 2.30. The zero-order valence-corrected chi connectivity index (χ0v) is 18.2. The summed E-state index contributed by atoms with van der Waals surface area (Å²) in [5, 5.41) is 16.4. The first-order valence-electron chi connectivity index (χ1n) is 10.2. The van der Waals surface area contributed by atoms with Crippen LogP contribution in [0.4, 0.5) is 0 Å². The van der Waals surface area contributed by atoms with Crippen molar-refractivity contribution >= 4 is 23.4 Å². The standard InChI is InChI=1S/C19H28ClN5O3S/c1-12-9-21-3-2-15(12)29-19(26)25-6-7-27-13(10-25)11-28-18-17-14(8-16(20)24-18)22-4-5-23-17/h8,12-13,15,19,21,26H,2-7,9-11H2,1H3.